The van der Waals surface area contributed by atoms with Crippen molar-refractivity contribution in [3.63, 3.8) is 0 Å². The van der Waals surface area contributed by atoms with Crippen LogP contribution in [-0.2, 0) is 19.1 Å². The molecule has 0 aliphatic heterocycles. The number of carbonyl (C=O) groups excluding carboxylic acids is 2. The molecule has 0 aliphatic rings. The molecule has 0 amide bonds. The zero-order valence-electron chi connectivity index (χ0n) is 10.3. The van der Waals surface area contributed by atoms with Crippen molar-refractivity contribution in [2.75, 3.05) is 0 Å². The van der Waals surface area contributed by atoms with Gasteiger partial charge >= 0.3 is 11.9 Å². The number of carbonyl (C=O) groups is 2. The molecular weight excluding hydrogens is 196 g/mol. The quantitative estimate of drug-likeness (QED) is 0.676. The molecule has 0 aromatic heterocycles. The molecule has 0 saturated heterocycles. The molecule has 0 aromatic carbocycles. The molecule has 88 valence electrons. The largest absolute Gasteiger partial charge is 0.460 e. The van der Waals surface area contributed by atoms with Gasteiger partial charge in [0.2, 0.25) is 0 Å². The summed E-state index contributed by atoms with van der Waals surface area (Å²) in [6.07, 6.45) is -1.05. The van der Waals surface area contributed by atoms with Gasteiger partial charge in [-0.2, -0.15) is 0 Å². The van der Waals surface area contributed by atoms with Crippen LogP contribution in [0.25, 0.3) is 0 Å². The molecule has 0 saturated carbocycles. The third-order valence-electron chi connectivity index (χ3n) is 1.58. The monoisotopic (exact) mass is 216 g/mol. The fraction of sp³-hybridized carbons (Fsp3) is 0.818. The van der Waals surface area contributed by atoms with Crippen molar-refractivity contribution >= 4 is 11.9 Å². The molecule has 0 rings (SSSR count). The van der Waals surface area contributed by atoms with Crippen molar-refractivity contribution in [1.29, 1.82) is 0 Å². The predicted octanol–water partition coefficient (Wildman–Crippen LogP) is 1.92. The van der Waals surface area contributed by atoms with E-state index in [1.807, 2.05) is 0 Å². The summed E-state index contributed by atoms with van der Waals surface area (Å²) < 4.78 is 9.87. The van der Waals surface area contributed by atoms with E-state index >= 15 is 0 Å². The molecule has 1 atom stereocenters. The Bertz CT molecular complexity index is 237. The van der Waals surface area contributed by atoms with Gasteiger partial charge < -0.3 is 9.47 Å². The van der Waals surface area contributed by atoms with Gasteiger partial charge in [-0.3, -0.25) is 4.79 Å². The normalized spacial score (nSPS) is 13.5. The molecule has 4 heteroatoms. The molecule has 0 N–H and O–H groups in total. The minimum atomic E-state index is -0.848. The summed E-state index contributed by atoms with van der Waals surface area (Å²) in [5.74, 6) is -0.918. The highest BCUT2D eigenvalue weighted by Crippen LogP contribution is 2.16. The first kappa shape index (κ1) is 13.9. The van der Waals surface area contributed by atoms with E-state index in [0.29, 0.717) is 0 Å². The number of hydrogen-bond donors (Lipinski definition) is 0. The number of ether oxygens (including phenoxy) is 2. The second-order valence-corrected chi connectivity index (χ2v) is 4.78. The van der Waals surface area contributed by atoms with Gasteiger partial charge in [0.25, 0.3) is 0 Å². The van der Waals surface area contributed by atoms with Crippen LogP contribution in [-0.4, -0.2) is 24.1 Å². The van der Waals surface area contributed by atoms with Crippen molar-refractivity contribution in [1.82, 2.24) is 0 Å². The number of rotatable bonds is 3. The minimum absolute atomic E-state index is 0.201. The summed E-state index contributed by atoms with van der Waals surface area (Å²) in [7, 11) is 0. The topological polar surface area (TPSA) is 52.6 Å². The average Bonchev–Trinajstić information content (AvgIpc) is 2.00. The van der Waals surface area contributed by atoms with Crippen LogP contribution >= 0.6 is 0 Å². The molecule has 4 nitrogen and oxygen atoms in total. The van der Waals surface area contributed by atoms with Crippen molar-refractivity contribution in [2.45, 2.75) is 53.8 Å². The highest BCUT2D eigenvalue weighted by Gasteiger charge is 2.28. The molecule has 0 unspecified atom stereocenters. The van der Waals surface area contributed by atoms with Crippen molar-refractivity contribution in [3.8, 4) is 0 Å². The molecule has 0 spiro atoms. The van der Waals surface area contributed by atoms with E-state index in [1.165, 1.54) is 6.92 Å². The summed E-state index contributed by atoms with van der Waals surface area (Å²) >= 11 is 0. The average molecular weight is 216 g/mol. The van der Waals surface area contributed by atoms with E-state index in [2.05, 4.69) is 0 Å². The Morgan fingerprint density at radius 1 is 1.00 bits per heavy atom. The van der Waals surface area contributed by atoms with Gasteiger partial charge in [-0.1, -0.05) is 0 Å². The van der Waals surface area contributed by atoms with Gasteiger partial charge in [-0.25, -0.2) is 4.79 Å². The second-order valence-electron chi connectivity index (χ2n) is 4.78. The lowest BCUT2D eigenvalue weighted by atomic mass is 9.97. The fourth-order valence-electron chi connectivity index (χ4n) is 0.714. The lowest BCUT2D eigenvalue weighted by molar-refractivity contribution is -0.173. The molecule has 0 heterocycles. The van der Waals surface area contributed by atoms with Gasteiger partial charge in [0, 0.05) is 0 Å². The smallest absolute Gasteiger partial charge is 0.347 e. The molecular formula is C11H20O4. The summed E-state index contributed by atoms with van der Waals surface area (Å²) in [5, 5.41) is 0. The Kier molecular flexibility index (Phi) is 4.78. The Balaban J connectivity index is 4.20. The lowest BCUT2D eigenvalue weighted by Gasteiger charge is -2.20. The highest BCUT2D eigenvalue weighted by molar-refractivity contribution is 5.81. The van der Waals surface area contributed by atoms with Crippen LogP contribution in [0.4, 0.5) is 0 Å². The van der Waals surface area contributed by atoms with E-state index in [1.54, 1.807) is 34.6 Å². The third kappa shape index (κ3) is 5.40. The molecule has 15 heavy (non-hydrogen) atoms. The minimum Gasteiger partial charge on any atom is -0.460 e. The van der Waals surface area contributed by atoms with Crippen LogP contribution in [0.2, 0.25) is 0 Å². The molecule has 0 bridgehead atoms. The number of esters is 2. The van der Waals surface area contributed by atoms with Gasteiger partial charge in [-0.15, -0.1) is 0 Å². The zero-order valence-corrected chi connectivity index (χ0v) is 10.3. The second kappa shape index (κ2) is 5.14. The summed E-state index contributed by atoms with van der Waals surface area (Å²) in [6, 6.07) is 0. The standard InChI is InChI=1S/C11H20O4/c1-7(2)14-9(12)8(3)15-10(13)11(4,5)6/h7-8H,1-6H3/t8-/m0/s1. The Morgan fingerprint density at radius 2 is 1.47 bits per heavy atom. The van der Waals surface area contributed by atoms with Crippen molar-refractivity contribution < 1.29 is 19.1 Å². The Morgan fingerprint density at radius 3 is 1.80 bits per heavy atom. The fourth-order valence-corrected chi connectivity index (χ4v) is 0.714. The van der Waals surface area contributed by atoms with Crippen LogP contribution in [0.5, 0.6) is 0 Å². The van der Waals surface area contributed by atoms with Gasteiger partial charge in [0.1, 0.15) is 0 Å². The summed E-state index contributed by atoms with van der Waals surface area (Å²) in [6.45, 7) is 10.2. The van der Waals surface area contributed by atoms with E-state index in [-0.39, 0.29) is 6.10 Å². The first-order valence-corrected chi connectivity index (χ1v) is 5.06. The van der Waals surface area contributed by atoms with Crippen molar-refractivity contribution in [3.05, 3.63) is 0 Å². The van der Waals surface area contributed by atoms with Crippen LogP contribution in [0, 0.1) is 5.41 Å². The summed E-state index contributed by atoms with van der Waals surface area (Å²) in [4.78, 5) is 22.8. The molecule has 0 fully saturated rings. The third-order valence-corrected chi connectivity index (χ3v) is 1.58. The van der Waals surface area contributed by atoms with E-state index in [4.69, 9.17) is 9.47 Å². The molecule has 0 radical (unpaired) electrons. The summed E-state index contributed by atoms with van der Waals surface area (Å²) in [5.41, 5.74) is -0.605. The maximum absolute atomic E-state index is 11.4. The van der Waals surface area contributed by atoms with Gasteiger partial charge in [0.15, 0.2) is 6.10 Å². The lowest BCUT2D eigenvalue weighted by Crippen LogP contribution is -2.33. The zero-order chi connectivity index (χ0) is 12.2. The van der Waals surface area contributed by atoms with Crippen LogP contribution in [0.3, 0.4) is 0 Å². The molecule has 0 aliphatic carbocycles. The maximum atomic E-state index is 11.4. The van der Waals surface area contributed by atoms with Crippen LogP contribution in [0.1, 0.15) is 41.5 Å². The van der Waals surface area contributed by atoms with E-state index in [9.17, 15) is 9.59 Å². The number of hydrogen-bond acceptors (Lipinski definition) is 4. The van der Waals surface area contributed by atoms with E-state index < -0.39 is 23.5 Å². The SMILES string of the molecule is CC(C)OC(=O)[C@H](C)OC(=O)C(C)(C)C. The van der Waals surface area contributed by atoms with Crippen LogP contribution < -0.4 is 0 Å². The Labute approximate surface area is 90.9 Å². The van der Waals surface area contributed by atoms with Crippen molar-refractivity contribution in [2.24, 2.45) is 5.41 Å². The van der Waals surface area contributed by atoms with E-state index in [0.717, 1.165) is 0 Å². The highest BCUT2D eigenvalue weighted by atomic mass is 16.6. The maximum Gasteiger partial charge on any atom is 0.347 e. The molecule has 0 aromatic rings. The van der Waals surface area contributed by atoms with Gasteiger partial charge in [-0.05, 0) is 41.5 Å². The predicted molar refractivity (Wildman–Crippen MR) is 56.2 cm³/mol. The van der Waals surface area contributed by atoms with Gasteiger partial charge in [0.05, 0.1) is 11.5 Å². The van der Waals surface area contributed by atoms with Crippen LogP contribution in [0.15, 0.2) is 0 Å². The first-order valence-electron chi connectivity index (χ1n) is 5.06. The first-order chi connectivity index (χ1) is 6.64. The Hall–Kier alpha value is -1.06.